The van der Waals surface area contributed by atoms with E-state index in [-0.39, 0.29) is 11.5 Å². The average Bonchev–Trinajstić information content (AvgIpc) is 3.39. The van der Waals surface area contributed by atoms with Crippen LogP contribution >= 0.6 is 33.9 Å². The van der Waals surface area contributed by atoms with E-state index in [1.807, 2.05) is 21.9 Å². The monoisotopic (exact) mass is 677 g/mol. The van der Waals surface area contributed by atoms with Crippen molar-refractivity contribution in [2.45, 2.75) is 59.0 Å². The number of carbonyl (C=O) groups excluding carboxylic acids is 2. The number of aromatic nitrogens is 3. The Hall–Kier alpha value is -2.80. The first-order valence-corrected chi connectivity index (χ1v) is 15.8. The molecule has 9 nitrogen and oxygen atoms in total. The highest BCUT2D eigenvalue weighted by Crippen LogP contribution is 2.22. The number of fused-ring (bicyclic) bond motifs is 1. The molecule has 4 rings (SSSR count). The number of rotatable bonds is 8. The molecule has 0 aliphatic carbocycles. The number of aryl methyl sites for hydroxylation is 2. The van der Waals surface area contributed by atoms with Crippen LogP contribution in [0.3, 0.4) is 0 Å². The number of esters is 1. The largest absolute Gasteiger partial charge is 0.457 e. The molecule has 1 saturated heterocycles. The zero-order chi connectivity index (χ0) is 29.0. The maximum Gasteiger partial charge on any atom is 0.331 e. The molecule has 1 fully saturated rings. The van der Waals surface area contributed by atoms with Gasteiger partial charge in [0.15, 0.2) is 0 Å². The quantitative estimate of drug-likeness (QED) is 0.150. The number of nitrogens with zero attached hydrogens (tertiary/aromatic N) is 5. The van der Waals surface area contributed by atoms with Crippen LogP contribution in [-0.4, -0.2) is 67.4 Å². The van der Waals surface area contributed by atoms with Gasteiger partial charge in [0.2, 0.25) is 5.91 Å². The second-order valence-corrected chi connectivity index (χ2v) is 12.8. The van der Waals surface area contributed by atoms with Crippen LogP contribution in [0.1, 0.15) is 62.4 Å². The summed E-state index contributed by atoms with van der Waals surface area (Å²) in [5, 5.41) is 3.21. The molecule has 3 aromatic rings. The molecule has 0 aromatic carbocycles. The molecule has 0 N–H and O–H groups in total. The van der Waals surface area contributed by atoms with Crippen LogP contribution in [0.4, 0.5) is 5.82 Å². The Morgan fingerprint density at radius 2 is 1.88 bits per heavy atom. The molecular formula is C29H36IN5O4S. The minimum Gasteiger partial charge on any atom is -0.457 e. The van der Waals surface area contributed by atoms with Gasteiger partial charge in [-0.15, -0.1) is 11.3 Å². The van der Waals surface area contributed by atoms with Gasteiger partial charge >= 0.3 is 5.97 Å². The van der Waals surface area contributed by atoms with Gasteiger partial charge < -0.3 is 14.5 Å². The molecule has 1 aliphatic rings. The van der Waals surface area contributed by atoms with Gasteiger partial charge in [-0.2, -0.15) is 0 Å². The molecule has 0 radical (unpaired) electrons. The average molecular weight is 678 g/mol. The van der Waals surface area contributed by atoms with Crippen molar-refractivity contribution in [1.82, 2.24) is 19.3 Å². The van der Waals surface area contributed by atoms with Gasteiger partial charge in [-0.3, -0.25) is 14.0 Å². The predicted octanol–water partition coefficient (Wildman–Crippen LogP) is 4.50. The number of carbonyl (C=O) groups is 2. The molecule has 214 valence electrons. The van der Waals surface area contributed by atoms with Gasteiger partial charge in [0.25, 0.3) is 5.56 Å². The topological polar surface area (TPSA) is 97.1 Å². The van der Waals surface area contributed by atoms with Crippen molar-refractivity contribution in [3.05, 3.63) is 62.0 Å². The molecular weight excluding hydrogens is 641 g/mol. The molecule has 0 saturated carbocycles. The fourth-order valence-corrected chi connectivity index (χ4v) is 5.86. The third kappa shape index (κ3) is 7.48. The van der Waals surface area contributed by atoms with E-state index in [4.69, 9.17) is 14.7 Å². The van der Waals surface area contributed by atoms with Crippen molar-refractivity contribution in [3.63, 3.8) is 0 Å². The second-order valence-electron chi connectivity index (χ2n) is 11.1. The second kappa shape index (κ2) is 12.8. The maximum absolute atomic E-state index is 13.7. The van der Waals surface area contributed by atoms with E-state index >= 15 is 0 Å². The van der Waals surface area contributed by atoms with E-state index < -0.39 is 11.6 Å². The number of thiazole rings is 1. The van der Waals surface area contributed by atoms with Crippen LogP contribution in [-0.2, 0) is 27.2 Å². The summed E-state index contributed by atoms with van der Waals surface area (Å²) in [4.78, 5) is 51.8. The lowest BCUT2D eigenvalue weighted by atomic mass is 10.1. The van der Waals surface area contributed by atoms with Crippen molar-refractivity contribution in [1.29, 1.82) is 0 Å². The molecule has 3 aromatic heterocycles. The number of hydrogen-bond acceptors (Lipinski definition) is 8. The van der Waals surface area contributed by atoms with E-state index in [2.05, 4.69) is 41.8 Å². The number of hydrogen-bond donors (Lipinski definition) is 0. The van der Waals surface area contributed by atoms with Crippen LogP contribution in [0.5, 0.6) is 0 Å². The first-order chi connectivity index (χ1) is 18.9. The van der Waals surface area contributed by atoms with Gasteiger partial charge in [-0.1, -0.05) is 36.4 Å². The van der Waals surface area contributed by atoms with Crippen LogP contribution < -0.4 is 10.5 Å². The fraction of sp³-hybridized carbons (Fsp3) is 0.483. The van der Waals surface area contributed by atoms with Crippen molar-refractivity contribution in [2.75, 3.05) is 35.5 Å². The summed E-state index contributed by atoms with van der Waals surface area (Å²) in [6, 6.07) is 3.88. The van der Waals surface area contributed by atoms with Crippen molar-refractivity contribution in [3.8, 4) is 0 Å². The summed E-state index contributed by atoms with van der Waals surface area (Å²) in [6.07, 6.45) is 6.12. The van der Waals surface area contributed by atoms with E-state index in [1.165, 1.54) is 16.6 Å². The van der Waals surface area contributed by atoms with Gasteiger partial charge in [-0.05, 0) is 56.9 Å². The maximum atomic E-state index is 13.7. The lowest BCUT2D eigenvalue weighted by molar-refractivity contribution is -0.148. The van der Waals surface area contributed by atoms with Gasteiger partial charge in [0.05, 0.1) is 20.7 Å². The number of pyridine rings is 1. The summed E-state index contributed by atoms with van der Waals surface area (Å²) in [5.74, 6) is 0.478. The lowest BCUT2D eigenvalue weighted by Gasteiger charge is -2.35. The molecule has 1 amide bonds. The van der Waals surface area contributed by atoms with Gasteiger partial charge in [0, 0.05) is 50.3 Å². The molecule has 4 heterocycles. The molecule has 0 atom stereocenters. The zero-order valence-electron chi connectivity index (χ0n) is 23.6. The first kappa shape index (κ1) is 30.2. The third-order valence-electron chi connectivity index (χ3n) is 6.54. The van der Waals surface area contributed by atoms with Crippen molar-refractivity contribution < 1.29 is 14.3 Å². The number of ether oxygens (including phenoxy) is 1. The number of anilines is 1. The minimum atomic E-state index is -0.645. The lowest BCUT2D eigenvalue weighted by Crippen LogP contribution is -2.50. The van der Waals surface area contributed by atoms with Crippen LogP contribution in [0, 0.1) is 0 Å². The molecule has 40 heavy (non-hydrogen) atoms. The SMILES string of the molecule is CC(C)c1csc(CCc2ccn3c(=O)c(C=CC(=O)OC(C)(C)C)c(N4CCN(C(=O)CI)CC4)nc3c2)n1. The number of halogens is 1. The molecule has 1 aliphatic heterocycles. The molecule has 0 unspecified atom stereocenters. The standard InChI is InChI=1S/C29H36IN5O4S/c1-19(2)22-18-40-24(31-22)8-6-20-10-11-35-23(16-20)32-27(34-14-12-33(13-15-34)25(36)17-30)21(28(35)38)7-9-26(37)39-29(3,4)5/h7,9-11,16,18-19H,6,8,12-15,17H2,1-5H3. The summed E-state index contributed by atoms with van der Waals surface area (Å²) in [7, 11) is 0. The summed E-state index contributed by atoms with van der Waals surface area (Å²) < 4.78 is 7.34. The Morgan fingerprint density at radius 3 is 2.50 bits per heavy atom. The van der Waals surface area contributed by atoms with Crippen LogP contribution in [0.2, 0.25) is 0 Å². The molecule has 11 heteroatoms. The Balaban J connectivity index is 1.66. The van der Waals surface area contributed by atoms with Crippen LogP contribution in [0.15, 0.2) is 34.6 Å². The Bertz CT molecular complexity index is 1470. The highest BCUT2D eigenvalue weighted by atomic mass is 127. The summed E-state index contributed by atoms with van der Waals surface area (Å²) in [5.41, 5.74) is 2.12. The fourth-order valence-electron chi connectivity index (χ4n) is 4.42. The van der Waals surface area contributed by atoms with E-state index in [0.717, 1.165) is 29.1 Å². The van der Waals surface area contributed by atoms with E-state index in [1.54, 1.807) is 38.3 Å². The Labute approximate surface area is 252 Å². The highest BCUT2D eigenvalue weighted by Gasteiger charge is 2.25. The smallest absolute Gasteiger partial charge is 0.331 e. The molecule has 0 bridgehead atoms. The van der Waals surface area contributed by atoms with Crippen LogP contribution in [0.25, 0.3) is 11.7 Å². The summed E-state index contributed by atoms with van der Waals surface area (Å²) >= 11 is 3.76. The van der Waals surface area contributed by atoms with Crippen molar-refractivity contribution >= 4 is 63.3 Å². The first-order valence-electron chi connectivity index (χ1n) is 13.4. The highest BCUT2D eigenvalue weighted by molar-refractivity contribution is 14.1. The minimum absolute atomic E-state index is 0.0993. The van der Waals surface area contributed by atoms with Gasteiger partial charge in [-0.25, -0.2) is 14.8 Å². The van der Waals surface area contributed by atoms with Crippen molar-refractivity contribution in [2.24, 2.45) is 0 Å². The Kier molecular flexibility index (Phi) is 9.65. The number of piperazine rings is 1. The zero-order valence-corrected chi connectivity index (χ0v) is 26.6. The Morgan fingerprint density at radius 1 is 1.15 bits per heavy atom. The molecule has 0 spiro atoms. The third-order valence-corrected chi connectivity index (χ3v) is 8.12. The predicted molar refractivity (Wildman–Crippen MR) is 168 cm³/mol. The van der Waals surface area contributed by atoms with E-state index in [9.17, 15) is 14.4 Å². The summed E-state index contributed by atoms with van der Waals surface area (Å²) in [6.45, 7) is 11.8. The van der Waals surface area contributed by atoms with E-state index in [0.29, 0.717) is 53.6 Å². The van der Waals surface area contributed by atoms with Gasteiger partial charge in [0.1, 0.15) is 17.1 Å². The normalized spacial score (nSPS) is 14.5. The number of alkyl halides is 1. The number of amides is 1.